The predicted octanol–water partition coefficient (Wildman–Crippen LogP) is 3.03. The van der Waals surface area contributed by atoms with Crippen molar-refractivity contribution in [3.8, 4) is 0 Å². The summed E-state index contributed by atoms with van der Waals surface area (Å²) < 4.78 is 14.5. The van der Waals surface area contributed by atoms with Crippen LogP contribution >= 0.6 is 7.58 Å². The molecule has 0 atom stereocenters. The van der Waals surface area contributed by atoms with E-state index in [2.05, 4.69) is 0 Å². The van der Waals surface area contributed by atoms with Gasteiger partial charge in [-0.3, -0.25) is 0 Å². The second kappa shape index (κ2) is 5.60. The van der Waals surface area contributed by atoms with Crippen LogP contribution in [-0.2, 0) is 4.52 Å². The zero-order valence-electron chi connectivity index (χ0n) is 10.6. The SMILES string of the molecule is COP(=Nc1ccccc1)(N(C)C)N(C)C. The van der Waals surface area contributed by atoms with Gasteiger partial charge in [0.15, 0.2) is 0 Å². The Morgan fingerprint density at radius 3 is 1.88 bits per heavy atom. The lowest BCUT2D eigenvalue weighted by Crippen LogP contribution is -2.22. The van der Waals surface area contributed by atoms with Crippen molar-refractivity contribution in [2.45, 2.75) is 0 Å². The third-order valence-corrected chi connectivity index (χ3v) is 5.35. The first-order valence-corrected chi connectivity index (χ1v) is 6.68. The van der Waals surface area contributed by atoms with Crippen LogP contribution in [0.1, 0.15) is 0 Å². The third-order valence-electron chi connectivity index (χ3n) is 2.29. The van der Waals surface area contributed by atoms with Crippen LogP contribution in [0.25, 0.3) is 0 Å². The van der Waals surface area contributed by atoms with Gasteiger partial charge in [-0.25, -0.2) is 14.1 Å². The van der Waals surface area contributed by atoms with Crippen LogP contribution < -0.4 is 0 Å². The normalized spacial score (nSPS) is 12.2. The van der Waals surface area contributed by atoms with E-state index in [1.165, 1.54) is 0 Å². The fourth-order valence-electron chi connectivity index (χ4n) is 1.55. The lowest BCUT2D eigenvalue weighted by atomic mass is 10.3. The average Bonchev–Trinajstić information content (AvgIpc) is 2.26. The molecule has 0 unspecified atom stereocenters. The fraction of sp³-hybridized carbons (Fsp3) is 0.455. The highest BCUT2D eigenvalue weighted by Gasteiger charge is 2.25. The maximum absolute atomic E-state index is 5.66. The molecule has 0 aliphatic carbocycles. The molecule has 1 aromatic rings. The molecule has 5 heteroatoms. The van der Waals surface area contributed by atoms with Crippen LogP contribution in [0, 0.1) is 0 Å². The maximum Gasteiger partial charge on any atom is 0.231 e. The van der Waals surface area contributed by atoms with E-state index in [1.54, 1.807) is 7.11 Å². The van der Waals surface area contributed by atoms with Crippen LogP contribution in [0.15, 0.2) is 35.1 Å². The van der Waals surface area contributed by atoms with E-state index in [-0.39, 0.29) is 0 Å². The van der Waals surface area contributed by atoms with Crippen LogP contribution in [0.4, 0.5) is 5.69 Å². The lowest BCUT2D eigenvalue weighted by Gasteiger charge is -2.34. The van der Waals surface area contributed by atoms with Crippen LogP contribution in [0.2, 0.25) is 0 Å². The Balaban J connectivity index is 3.26. The molecule has 0 spiro atoms. The van der Waals surface area contributed by atoms with E-state index in [4.69, 9.17) is 9.27 Å². The molecule has 0 saturated heterocycles. The summed E-state index contributed by atoms with van der Waals surface area (Å²) in [4.78, 5) is 0. The van der Waals surface area contributed by atoms with E-state index in [1.807, 2.05) is 67.9 Å². The molecule has 0 heterocycles. The Morgan fingerprint density at radius 2 is 1.50 bits per heavy atom. The van der Waals surface area contributed by atoms with Crippen molar-refractivity contribution >= 4 is 13.3 Å². The van der Waals surface area contributed by atoms with Gasteiger partial charge in [0, 0.05) is 7.11 Å². The minimum absolute atomic E-state index is 0.945. The van der Waals surface area contributed by atoms with Crippen molar-refractivity contribution < 1.29 is 4.52 Å². The summed E-state index contributed by atoms with van der Waals surface area (Å²) in [5, 5.41) is 0. The minimum atomic E-state index is -2.05. The van der Waals surface area contributed by atoms with Crippen LogP contribution in [0.5, 0.6) is 0 Å². The second-order valence-corrected chi connectivity index (χ2v) is 7.02. The highest BCUT2D eigenvalue weighted by molar-refractivity contribution is 7.56. The first-order chi connectivity index (χ1) is 7.53. The highest BCUT2D eigenvalue weighted by atomic mass is 31.2. The molecule has 0 aliphatic rings. The summed E-state index contributed by atoms with van der Waals surface area (Å²) in [6.45, 7) is 0. The molecular weight excluding hydrogens is 221 g/mol. The summed E-state index contributed by atoms with van der Waals surface area (Å²) in [6.07, 6.45) is 0. The largest absolute Gasteiger partial charge is 0.324 e. The van der Waals surface area contributed by atoms with Crippen molar-refractivity contribution in [3.63, 3.8) is 0 Å². The molecule has 0 aliphatic heterocycles. The van der Waals surface area contributed by atoms with Crippen molar-refractivity contribution in [2.24, 2.45) is 4.74 Å². The molecule has 0 saturated carbocycles. The molecule has 1 aromatic carbocycles. The molecule has 4 nitrogen and oxygen atoms in total. The fourth-order valence-corrected chi connectivity index (χ4v) is 3.79. The third kappa shape index (κ3) is 2.71. The lowest BCUT2D eigenvalue weighted by molar-refractivity contribution is 0.356. The van der Waals surface area contributed by atoms with Crippen LogP contribution in [0.3, 0.4) is 0 Å². The zero-order valence-corrected chi connectivity index (χ0v) is 11.5. The van der Waals surface area contributed by atoms with Gasteiger partial charge in [-0.2, -0.15) is 0 Å². The van der Waals surface area contributed by atoms with E-state index in [9.17, 15) is 0 Å². The number of rotatable bonds is 4. The minimum Gasteiger partial charge on any atom is -0.324 e. The van der Waals surface area contributed by atoms with E-state index in [0.29, 0.717) is 0 Å². The van der Waals surface area contributed by atoms with Gasteiger partial charge >= 0.3 is 0 Å². The standard InChI is InChI=1S/C11H20N3OP/c1-13(2)16(15-5,14(3)4)12-11-9-7-6-8-10-11/h6-10H,1-5H3. The number of hydrogen-bond acceptors (Lipinski definition) is 2. The van der Waals surface area contributed by atoms with Crippen molar-refractivity contribution in [1.82, 2.24) is 9.34 Å². The Bertz CT molecular complexity index is 364. The number of hydrogen-bond donors (Lipinski definition) is 0. The molecule has 1 rings (SSSR count). The zero-order chi connectivity index (χ0) is 12.2. The molecule has 0 bridgehead atoms. The predicted molar refractivity (Wildman–Crippen MR) is 69.8 cm³/mol. The molecule has 0 fully saturated rings. The Kier molecular flexibility index (Phi) is 4.69. The maximum atomic E-state index is 5.66. The van der Waals surface area contributed by atoms with Crippen LogP contribution in [-0.4, -0.2) is 44.6 Å². The molecule has 0 radical (unpaired) electrons. The molecule has 16 heavy (non-hydrogen) atoms. The Labute approximate surface area is 98.1 Å². The van der Waals surface area contributed by atoms with Crippen molar-refractivity contribution in [1.29, 1.82) is 0 Å². The first-order valence-electron chi connectivity index (χ1n) is 5.11. The highest BCUT2D eigenvalue weighted by Crippen LogP contribution is 2.55. The summed E-state index contributed by atoms with van der Waals surface area (Å²) in [5.74, 6) is 0. The molecule has 0 N–H and O–H groups in total. The molecule has 90 valence electrons. The number of nitrogens with zero attached hydrogens (tertiary/aromatic N) is 3. The monoisotopic (exact) mass is 241 g/mol. The van der Waals surface area contributed by atoms with Gasteiger partial charge in [-0.15, -0.1) is 0 Å². The number of benzene rings is 1. The van der Waals surface area contributed by atoms with Gasteiger partial charge in [0.05, 0.1) is 5.69 Å². The molecular formula is C11H20N3OP. The van der Waals surface area contributed by atoms with Gasteiger partial charge in [-0.1, -0.05) is 18.2 Å². The molecule has 0 amide bonds. The summed E-state index contributed by atoms with van der Waals surface area (Å²) in [5.41, 5.74) is 0.945. The Hall–Kier alpha value is -0.670. The van der Waals surface area contributed by atoms with E-state index < -0.39 is 7.58 Å². The first kappa shape index (κ1) is 13.4. The second-order valence-electron chi connectivity index (χ2n) is 3.83. The van der Waals surface area contributed by atoms with Gasteiger partial charge in [0.2, 0.25) is 7.58 Å². The van der Waals surface area contributed by atoms with Crippen molar-refractivity contribution in [2.75, 3.05) is 35.3 Å². The average molecular weight is 241 g/mol. The van der Waals surface area contributed by atoms with Gasteiger partial charge < -0.3 is 4.52 Å². The van der Waals surface area contributed by atoms with Gasteiger partial charge in [0.1, 0.15) is 0 Å². The van der Waals surface area contributed by atoms with E-state index in [0.717, 1.165) is 5.69 Å². The summed E-state index contributed by atoms with van der Waals surface area (Å²) in [6, 6.07) is 9.92. The van der Waals surface area contributed by atoms with Crippen molar-refractivity contribution in [3.05, 3.63) is 30.3 Å². The smallest absolute Gasteiger partial charge is 0.231 e. The quantitative estimate of drug-likeness (QED) is 0.758. The summed E-state index contributed by atoms with van der Waals surface area (Å²) >= 11 is 0. The molecule has 0 aromatic heterocycles. The van der Waals surface area contributed by atoms with Gasteiger partial charge in [-0.05, 0) is 40.3 Å². The Morgan fingerprint density at radius 1 is 1.00 bits per heavy atom. The van der Waals surface area contributed by atoms with E-state index >= 15 is 0 Å². The summed E-state index contributed by atoms with van der Waals surface area (Å²) in [7, 11) is 7.62. The van der Waals surface area contributed by atoms with Gasteiger partial charge in [0.25, 0.3) is 0 Å². The topological polar surface area (TPSA) is 28.1 Å².